The summed E-state index contributed by atoms with van der Waals surface area (Å²) in [5.41, 5.74) is 5.28. The Kier molecular flexibility index (Phi) is 5.78. The van der Waals surface area contributed by atoms with E-state index in [-0.39, 0.29) is 12.5 Å². The van der Waals surface area contributed by atoms with Gasteiger partial charge in [-0.3, -0.25) is 4.79 Å². The van der Waals surface area contributed by atoms with Crippen LogP contribution in [-0.2, 0) is 9.53 Å². The molecule has 1 amide bonds. The largest absolute Gasteiger partial charge is 0.375 e. The van der Waals surface area contributed by atoms with Gasteiger partial charge in [-0.05, 0) is 13.0 Å². The van der Waals surface area contributed by atoms with Crippen molar-refractivity contribution in [3.05, 3.63) is 0 Å². The Bertz CT molecular complexity index is 117. The smallest absolute Gasteiger partial charge is 0.248 e. The maximum absolute atomic E-state index is 11.0. The predicted molar refractivity (Wildman–Crippen MR) is 43.2 cm³/mol. The first kappa shape index (κ1) is 10.4. The van der Waals surface area contributed by atoms with Crippen molar-refractivity contribution in [1.82, 2.24) is 4.90 Å². The summed E-state index contributed by atoms with van der Waals surface area (Å²) in [6.45, 7) is 1.48. The SMILES string of the molecule is COCC(=O)N(C)CCCN. The van der Waals surface area contributed by atoms with Crippen LogP contribution in [0.1, 0.15) is 6.42 Å². The molecule has 0 aromatic carbocycles. The van der Waals surface area contributed by atoms with E-state index in [4.69, 9.17) is 5.73 Å². The Morgan fingerprint density at radius 3 is 2.73 bits per heavy atom. The number of hydrogen-bond acceptors (Lipinski definition) is 3. The molecule has 0 radical (unpaired) electrons. The van der Waals surface area contributed by atoms with Crippen molar-refractivity contribution in [1.29, 1.82) is 0 Å². The van der Waals surface area contributed by atoms with Crippen molar-refractivity contribution in [3.8, 4) is 0 Å². The third-order valence-corrected chi connectivity index (χ3v) is 1.39. The zero-order valence-corrected chi connectivity index (χ0v) is 7.17. The number of ether oxygens (including phenoxy) is 1. The van der Waals surface area contributed by atoms with Crippen molar-refractivity contribution in [2.45, 2.75) is 6.42 Å². The molecule has 0 unspecified atom stereocenters. The first-order valence-electron chi connectivity index (χ1n) is 3.65. The highest BCUT2D eigenvalue weighted by molar-refractivity contribution is 5.77. The fourth-order valence-electron chi connectivity index (χ4n) is 0.687. The van der Waals surface area contributed by atoms with Crippen molar-refractivity contribution >= 4 is 5.91 Å². The molecule has 0 heterocycles. The minimum absolute atomic E-state index is 0.000880. The molecule has 0 bridgehead atoms. The minimum atomic E-state index is 0.000880. The van der Waals surface area contributed by atoms with Crippen LogP contribution in [0.4, 0.5) is 0 Å². The lowest BCUT2D eigenvalue weighted by Gasteiger charge is -2.15. The molecule has 0 rings (SSSR count). The molecule has 0 aromatic rings. The van der Waals surface area contributed by atoms with E-state index >= 15 is 0 Å². The predicted octanol–water partition coefficient (Wildman–Crippen LogP) is -0.560. The van der Waals surface area contributed by atoms with Crippen LogP contribution < -0.4 is 5.73 Å². The number of nitrogens with two attached hydrogens (primary N) is 1. The highest BCUT2D eigenvalue weighted by atomic mass is 16.5. The minimum Gasteiger partial charge on any atom is -0.375 e. The fraction of sp³-hybridized carbons (Fsp3) is 0.857. The van der Waals surface area contributed by atoms with Crippen molar-refractivity contribution in [2.24, 2.45) is 5.73 Å². The van der Waals surface area contributed by atoms with Gasteiger partial charge in [-0.15, -0.1) is 0 Å². The molecule has 0 aliphatic carbocycles. The molecule has 0 spiro atoms. The molecule has 0 aliphatic heterocycles. The average molecular weight is 160 g/mol. The van der Waals surface area contributed by atoms with Gasteiger partial charge in [0.1, 0.15) is 6.61 Å². The molecule has 4 nitrogen and oxygen atoms in total. The first-order chi connectivity index (χ1) is 5.22. The number of carbonyl (C=O) groups is 1. The average Bonchev–Trinajstić information content (AvgIpc) is 2.00. The standard InChI is InChI=1S/C7H16N2O2/c1-9(5-3-4-8)7(10)6-11-2/h3-6,8H2,1-2H3. The Hall–Kier alpha value is -0.610. The zero-order chi connectivity index (χ0) is 8.69. The second-order valence-electron chi connectivity index (χ2n) is 2.39. The monoisotopic (exact) mass is 160 g/mol. The molecular formula is C7H16N2O2. The van der Waals surface area contributed by atoms with Gasteiger partial charge < -0.3 is 15.4 Å². The van der Waals surface area contributed by atoms with Gasteiger partial charge in [0.05, 0.1) is 0 Å². The summed E-state index contributed by atoms with van der Waals surface area (Å²) in [5.74, 6) is 0.000880. The van der Waals surface area contributed by atoms with Crippen LogP contribution in [0.3, 0.4) is 0 Å². The highest BCUT2D eigenvalue weighted by Crippen LogP contribution is 1.87. The summed E-state index contributed by atoms with van der Waals surface area (Å²) >= 11 is 0. The van der Waals surface area contributed by atoms with Crippen LogP contribution in [0.25, 0.3) is 0 Å². The third-order valence-electron chi connectivity index (χ3n) is 1.39. The van der Waals surface area contributed by atoms with Gasteiger partial charge in [0.2, 0.25) is 5.91 Å². The molecule has 0 aliphatic rings. The summed E-state index contributed by atoms with van der Waals surface area (Å²) in [6.07, 6.45) is 0.839. The second-order valence-corrected chi connectivity index (χ2v) is 2.39. The molecule has 2 N–H and O–H groups in total. The van der Waals surface area contributed by atoms with Gasteiger partial charge in [0, 0.05) is 20.7 Å². The van der Waals surface area contributed by atoms with E-state index in [0.717, 1.165) is 6.42 Å². The molecule has 11 heavy (non-hydrogen) atoms. The second kappa shape index (κ2) is 6.12. The van der Waals surface area contributed by atoms with Crippen LogP contribution >= 0.6 is 0 Å². The first-order valence-corrected chi connectivity index (χ1v) is 3.65. The van der Waals surface area contributed by atoms with E-state index in [1.165, 1.54) is 7.11 Å². The summed E-state index contributed by atoms with van der Waals surface area (Å²) < 4.78 is 4.68. The van der Waals surface area contributed by atoms with Crippen LogP contribution in [0.5, 0.6) is 0 Å². The van der Waals surface area contributed by atoms with E-state index in [9.17, 15) is 4.79 Å². The number of nitrogens with zero attached hydrogens (tertiary/aromatic N) is 1. The van der Waals surface area contributed by atoms with Crippen LogP contribution in [0, 0.1) is 0 Å². The summed E-state index contributed by atoms with van der Waals surface area (Å²) in [4.78, 5) is 12.6. The quantitative estimate of drug-likeness (QED) is 0.586. The lowest BCUT2D eigenvalue weighted by Crippen LogP contribution is -2.31. The highest BCUT2D eigenvalue weighted by Gasteiger charge is 2.05. The lowest BCUT2D eigenvalue weighted by atomic mass is 10.4. The van der Waals surface area contributed by atoms with Crippen molar-refractivity contribution < 1.29 is 9.53 Å². The number of amides is 1. The molecule has 0 fully saturated rings. The van der Waals surface area contributed by atoms with Crippen LogP contribution in [0.2, 0.25) is 0 Å². The number of rotatable bonds is 5. The molecule has 0 atom stereocenters. The van der Waals surface area contributed by atoms with Gasteiger partial charge in [-0.2, -0.15) is 0 Å². The molecule has 0 saturated carbocycles. The number of hydrogen-bond donors (Lipinski definition) is 1. The third kappa shape index (κ3) is 4.75. The molecule has 4 heteroatoms. The maximum atomic E-state index is 11.0. The van der Waals surface area contributed by atoms with Crippen LogP contribution in [0.15, 0.2) is 0 Å². The van der Waals surface area contributed by atoms with Crippen molar-refractivity contribution in [2.75, 3.05) is 33.9 Å². The summed E-state index contributed by atoms with van der Waals surface area (Å²) in [7, 11) is 3.26. The van der Waals surface area contributed by atoms with E-state index in [1.54, 1.807) is 11.9 Å². The molecule has 66 valence electrons. The summed E-state index contributed by atoms with van der Waals surface area (Å²) in [6, 6.07) is 0. The summed E-state index contributed by atoms with van der Waals surface area (Å²) in [5, 5.41) is 0. The van der Waals surface area contributed by atoms with Gasteiger partial charge >= 0.3 is 0 Å². The van der Waals surface area contributed by atoms with Gasteiger partial charge in [-0.1, -0.05) is 0 Å². The lowest BCUT2D eigenvalue weighted by molar-refractivity contribution is -0.133. The Balaban J connectivity index is 3.46. The number of methoxy groups -OCH3 is 1. The molecule has 0 saturated heterocycles. The van der Waals surface area contributed by atoms with E-state index in [1.807, 2.05) is 0 Å². The van der Waals surface area contributed by atoms with Crippen molar-refractivity contribution in [3.63, 3.8) is 0 Å². The normalized spacial score (nSPS) is 9.73. The molecule has 0 aromatic heterocycles. The number of likely N-dealkylation sites (N-methyl/N-ethyl adjacent to an activating group) is 1. The fourth-order valence-corrected chi connectivity index (χ4v) is 0.687. The molecular weight excluding hydrogens is 144 g/mol. The van der Waals surface area contributed by atoms with Gasteiger partial charge in [0.15, 0.2) is 0 Å². The topological polar surface area (TPSA) is 55.6 Å². The number of carbonyl (C=O) groups excluding carboxylic acids is 1. The maximum Gasteiger partial charge on any atom is 0.248 e. The Labute approximate surface area is 67.3 Å². The van der Waals surface area contributed by atoms with Crippen LogP contribution in [-0.4, -0.2) is 44.7 Å². The van der Waals surface area contributed by atoms with E-state index in [2.05, 4.69) is 4.74 Å². The van der Waals surface area contributed by atoms with Gasteiger partial charge in [0.25, 0.3) is 0 Å². The van der Waals surface area contributed by atoms with E-state index < -0.39 is 0 Å². The van der Waals surface area contributed by atoms with E-state index in [0.29, 0.717) is 13.1 Å². The zero-order valence-electron chi connectivity index (χ0n) is 7.17. The Morgan fingerprint density at radius 2 is 2.27 bits per heavy atom. The Morgan fingerprint density at radius 1 is 1.64 bits per heavy atom. The van der Waals surface area contributed by atoms with Gasteiger partial charge in [-0.25, -0.2) is 0 Å².